The van der Waals surface area contributed by atoms with Crippen LogP contribution < -0.4 is 4.74 Å². The summed E-state index contributed by atoms with van der Waals surface area (Å²) < 4.78 is 7.33. The summed E-state index contributed by atoms with van der Waals surface area (Å²) in [5.74, 6) is 0.771. The maximum atomic E-state index is 9.48. The van der Waals surface area contributed by atoms with Gasteiger partial charge in [0, 0.05) is 13.0 Å². The molecule has 0 aromatic carbocycles. The lowest BCUT2D eigenvalue weighted by Gasteiger charge is -2.16. The molecule has 1 aromatic heterocycles. The minimum atomic E-state index is -0.667. The van der Waals surface area contributed by atoms with E-state index < -0.39 is 5.60 Å². The number of hydrogen-bond acceptors (Lipinski definition) is 3. The van der Waals surface area contributed by atoms with Gasteiger partial charge in [-0.2, -0.15) is 5.10 Å². The van der Waals surface area contributed by atoms with Crippen LogP contribution in [0.5, 0.6) is 5.75 Å². The normalized spacial score (nSPS) is 11.7. The quantitative estimate of drug-likeness (QED) is 0.782. The molecule has 0 saturated carbocycles. The van der Waals surface area contributed by atoms with Gasteiger partial charge in [0.05, 0.1) is 24.6 Å². The number of hydrogen-bond donors (Lipinski definition) is 1. The topological polar surface area (TPSA) is 47.3 Å². The van der Waals surface area contributed by atoms with Crippen LogP contribution in [0.25, 0.3) is 0 Å². The minimum Gasteiger partial charge on any atom is -0.490 e. The highest BCUT2D eigenvalue weighted by atomic mass is 16.5. The molecule has 0 amide bonds. The molecule has 0 bridgehead atoms. The van der Waals surface area contributed by atoms with Gasteiger partial charge in [-0.25, -0.2) is 0 Å². The zero-order chi connectivity index (χ0) is 11.3. The molecule has 86 valence electrons. The molecule has 0 radical (unpaired) electrons. The highest BCUT2D eigenvalue weighted by molar-refractivity contribution is 5.11. The average Bonchev–Trinajstić information content (AvgIpc) is 2.51. The van der Waals surface area contributed by atoms with Crippen molar-refractivity contribution in [3.63, 3.8) is 0 Å². The number of rotatable bonds is 6. The molecule has 4 nitrogen and oxygen atoms in total. The molecule has 0 atom stereocenters. The second-order valence-corrected chi connectivity index (χ2v) is 4.35. The number of aliphatic hydroxyl groups is 1. The molecule has 0 aliphatic carbocycles. The van der Waals surface area contributed by atoms with Gasteiger partial charge in [-0.05, 0) is 20.3 Å². The molecule has 0 aliphatic rings. The van der Waals surface area contributed by atoms with Gasteiger partial charge in [0.15, 0.2) is 5.75 Å². The van der Waals surface area contributed by atoms with Crippen molar-refractivity contribution in [3.8, 4) is 5.75 Å². The molecular formula is C11H20N2O2. The van der Waals surface area contributed by atoms with Gasteiger partial charge in [-0.3, -0.25) is 4.68 Å². The smallest absolute Gasteiger partial charge is 0.157 e. The SMILES string of the molecule is CCCn1cc(OCCC(C)(C)O)cn1. The summed E-state index contributed by atoms with van der Waals surface area (Å²) in [5, 5.41) is 13.6. The largest absolute Gasteiger partial charge is 0.490 e. The maximum absolute atomic E-state index is 9.48. The highest BCUT2D eigenvalue weighted by Crippen LogP contribution is 2.12. The van der Waals surface area contributed by atoms with Crippen LogP contribution in [-0.2, 0) is 6.54 Å². The van der Waals surface area contributed by atoms with E-state index in [0.717, 1.165) is 18.7 Å². The number of nitrogens with zero attached hydrogens (tertiary/aromatic N) is 2. The fourth-order valence-corrected chi connectivity index (χ4v) is 1.19. The number of aryl methyl sites for hydroxylation is 1. The Kier molecular flexibility index (Phi) is 4.15. The van der Waals surface area contributed by atoms with E-state index in [4.69, 9.17) is 4.74 Å². The summed E-state index contributed by atoms with van der Waals surface area (Å²) in [7, 11) is 0. The van der Waals surface area contributed by atoms with Gasteiger partial charge in [0.25, 0.3) is 0 Å². The molecule has 0 unspecified atom stereocenters. The third-order valence-corrected chi connectivity index (χ3v) is 2.04. The van der Waals surface area contributed by atoms with Crippen LogP contribution in [0.15, 0.2) is 12.4 Å². The van der Waals surface area contributed by atoms with Crippen LogP contribution in [0, 0.1) is 0 Å². The zero-order valence-corrected chi connectivity index (χ0v) is 9.73. The summed E-state index contributed by atoms with van der Waals surface area (Å²) in [6.45, 7) is 7.08. The van der Waals surface area contributed by atoms with E-state index in [1.807, 2.05) is 10.9 Å². The molecular weight excluding hydrogens is 192 g/mol. The van der Waals surface area contributed by atoms with Gasteiger partial charge >= 0.3 is 0 Å². The van der Waals surface area contributed by atoms with E-state index in [2.05, 4.69) is 12.0 Å². The van der Waals surface area contributed by atoms with E-state index in [1.165, 1.54) is 0 Å². The molecule has 0 spiro atoms. The number of aromatic nitrogens is 2. The Morgan fingerprint density at radius 2 is 2.27 bits per heavy atom. The van der Waals surface area contributed by atoms with Crippen molar-refractivity contribution >= 4 is 0 Å². The van der Waals surface area contributed by atoms with Gasteiger partial charge in [0.2, 0.25) is 0 Å². The maximum Gasteiger partial charge on any atom is 0.157 e. The van der Waals surface area contributed by atoms with Crippen LogP contribution in [0.1, 0.15) is 33.6 Å². The van der Waals surface area contributed by atoms with Crippen LogP contribution in [-0.4, -0.2) is 27.1 Å². The predicted octanol–water partition coefficient (Wildman–Crippen LogP) is 1.83. The molecule has 0 saturated heterocycles. The van der Waals surface area contributed by atoms with E-state index in [1.54, 1.807) is 20.0 Å². The fourth-order valence-electron chi connectivity index (χ4n) is 1.19. The lowest BCUT2D eigenvalue weighted by atomic mass is 10.1. The van der Waals surface area contributed by atoms with Gasteiger partial charge < -0.3 is 9.84 Å². The Morgan fingerprint density at radius 1 is 1.53 bits per heavy atom. The second kappa shape index (κ2) is 5.16. The summed E-state index contributed by atoms with van der Waals surface area (Å²) in [6, 6.07) is 0. The number of ether oxygens (including phenoxy) is 1. The highest BCUT2D eigenvalue weighted by Gasteiger charge is 2.12. The lowest BCUT2D eigenvalue weighted by Crippen LogP contribution is -2.21. The first-order valence-corrected chi connectivity index (χ1v) is 5.39. The Morgan fingerprint density at radius 3 is 2.87 bits per heavy atom. The molecule has 1 aromatic rings. The third-order valence-electron chi connectivity index (χ3n) is 2.04. The predicted molar refractivity (Wildman–Crippen MR) is 58.9 cm³/mol. The first kappa shape index (κ1) is 12.0. The van der Waals surface area contributed by atoms with E-state index >= 15 is 0 Å². The van der Waals surface area contributed by atoms with Crippen molar-refractivity contribution < 1.29 is 9.84 Å². The van der Waals surface area contributed by atoms with Crippen molar-refractivity contribution in [1.29, 1.82) is 0 Å². The van der Waals surface area contributed by atoms with Crippen molar-refractivity contribution in [1.82, 2.24) is 9.78 Å². The molecule has 0 aliphatic heterocycles. The van der Waals surface area contributed by atoms with Crippen molar-refractivity contribution in [3.05, 3.63) is 12.4 Å². The minimum absolute atomic E-state index is 0.515. The van der Waals surface area contributed by atoms with Crippen molar-refractivity contribution in [2.45, 2.75) is 45.8 Å². The van der Waals surface area contributed by atoms with Crippen LogP contribution in [0.3, 0.4) is 0 Å². The lowest BCUT2D eigenvalue weighted by molar-refractivity contribution is 0.0553. The summed E-state index contributed by atoms with van der Waals surface area (Å²) in [4.78, 5) is 0. The van der Waals surface area contributed by atoms with E-state index in [9.17, 15) is 5.11 Å². The Labute approximate surface area is 90.9 Å². The monoisotopic (exact) mass is 212 g/mol. The first-order valence-electron chi connectivity index (χ1n) is 5.39. The first-order chi connectivity index (χ1) is 7.01. The van der Waals surface area contributed by atoms with E-state index in [-0.39, 0.29) is 0 Å². The fraction of sp³-hybridized carbons (Fsp3) is 0.727. The standard InChI is InChI=1S/C11H20N2O2/c1-4-6-13-9-10(8-12-13)15-7-5-11(2,3)14/h8-9,14H,4-7H2,1-3H3. The Hall–Kier alpha value is -1.03. The third kappa shape index (κ3) is 4.83. The molecule has 4 heteroatoms. The summed E-state index contributed by atoms with van der Waals surface area (Å²) in [6.07, 6.45) is 5.27. The second-order valence-electron chi connectivity index (χ2n) is 4.35. The molecule has 15 heavy (non-hydrogen) atoms. The van der Waals surface area contributed by atoms with Crippen LogP contribution >= 0.6 is 0 Å². The molecule has 1 heterocycles. The van der Waals surface area contributed by atoms with E-state index in [0.29, 0.717) is 13.0 Å². The summed E-state index contributed by atoms with van der Waals surface area (Å²) in [5.41, 5.74) is -0.667. The molecule has 0 fully saturated rings. The van der Waals surface area contributed by atoms with Crippen LogP contribution in [0.4, 0.5) is 0 Å². The van der Waals surface area contributed by atoms with Crippen molar-refractivity contribution in [2.75, 3.05) is 6.61 Å². The van der Waals surface area contributed by atoms with Gasteiger partial charge in [-0.1, -0.05) is 6.92 Å². The Balaban J connectivity index is 2.31. The van der Waals surface area contributed by atoms with Crippen LogP contribution in [0.2, 0.25) is 0 Å². The molecule has 1 rings (SSSR count). The zero-order valence-electron chi connectivity index (χ0n) is 9.73. The summed E-state index contributed by atoms with van der Waals surface area (Å²) >= 11 is 0. The van der Waals surface area contributed by atoms with Gasteiger partial charge in [0.1, 0.15) is 0 Å². The van der Waals surface area contributed by atoms with Gasteiger partial charge in [-0.15, -0.1) is 0 Å². The van der Waals surface area contributed by atoms with Crippen molar-refractivity contribution in [2.24, 2.45) is 0 Å². The average molecular weight is 212 g/mol. The molecule has 1 N–H and O–H groups in total. The Bertz CT molecular complexity index is 289.